The highest BCUT2D eigenvalue weighted by molar-refractivity contribution is 5.77. The van der Waals surface area contributed by atoms with Gasteiger partial charge in [0.15, 0.2) is 5.60 Å². The Morgan fingerprint density at radius 1 is 1.55 bits per heavy atom. The Bertz CT molecular complexity index is 168. The minimum absolute atomic E-state index is 0.0394. The molecule has 0 aromatic rings. The monoisotopic (exact) mass is 160 g/mol. The molecule has 1 aliphatic rings. The molecule has 0 bridgehead atoms. The lowest BCUT2D eigenvalue weighted by molar-refractivity contribution is -0.165. The lowest BCUT2D eigenvalue weighted by atomic mass is 9.83. The summed E-state index contributed by atoms with van der Waals surface area (Å²) in [5.74, 6) is -1.23. The summed E-state index contributed by atoms with van der Waals surface area (Å²) in [6.45, 7) is 0. The highest BCUT2D eigenvalue weighted by Crippen LogP contribution is 2.28. The van der Waals surface area contributed by atoms with Gasteiger partial charge in [0.2, 0.25) is 0 Å². The van der Waals surface area contributed by atoms with Crippen molar-refractivity contribution in [3.05, 3.63) is 0 Å². The van der Waals surface area contributed by atoms with Gasteiger partial charge >= 0.3 is 5.97 Å². The maximum atomic E-state index is 10.5. The van der Waals surface area contributed by atoms with Gasteiger partial charge in [-0.2, -0.15) is 0 Å². The Kier molecular flexibility index (Phi) is 2.15. The Balaban J connectivity index is 2.63. The van der Waals surface area contributed by atoms with Crippen LogP contribution in [0.5, 0.6) is 0 Å². The van der Waals surface area contributed by atoms with Crippen LogP contribution >= 0.6 is 0 Å². The van der Waals surface area contributed by atoms with Crippen LogP contribution in [-0.2, 0) is 4.79 Å². The Hall–Kier alpha value is -0.610. The minimum atomic E-state index is -1.68. The molecule has 11 heavy (non-hydrogen) atoms. The van der Waals surface area contributed by atoms with Gasteiger partial charge in [-0.05, 0) is 19.3 Å². The third-order valence-electron chi connectivity index (χ3n) is 2.10. The van der Waals surface area contributed by atoms with Crippen LogP contribution in [-0.4, -0.2) is 33.0 Å². The SMILES string of the molecule is O=C(O)C1(O)CCCC(O)C1. The molecule has 0 aromatic heterocycles. The number of aliphatic hydroxyl groups excluding tert-OH is 1. The predicted octanol–water partition coefficient (Wildman–Crippen LogP) is -0.263. The van der Waals surface area contributed by atoms with Gasteiger partial charge in [0.25, 0.3) is 0 Å². The predicted molar refractivity (Wildman–Crippen MR) is 37.1 cm³/mol. The second-order valence-corrected chi connectivity index (χ2v) is 3.09. The molecular formula is C7H12O4. The van der Waals surface area contributed by atoms with Crippen molar-refractivity contribution in [2.75, 3.05) is 0 Å². The van der Waals surface area contributed by atoms with E-state index in [9.17, 15) is 9.90 Å². The quantitative estimate of drug-likeness (QED) is 0.493. The molecule has 1 aliphatic carbocycles. The van der Waals surface area contributed by atoms with E-state index in [1.807, 2.05) is 0 Å². The molecule has 0 aliphatic heterocycles. The standard InChI is InChI=1S/C7H12O4/c8-5-2-1-3-7(11,4-5)6(9)10/h5,8,11H,1-4H2,(H,9,10). The molecule has 0 heterocycles. The normalized spacial score (nSPS) is 38.5. The summed E-state index contributed by atoms with van der Waals surface area (Å²) in [5.41, 5.74) is -1.68. The van der Waals surface area contributed by atoms with Crippen molar-refractivity contribution >= 4 is 5.97 Å². The third kappa shape index (κ3) is 1.70. The van der Waals surface area contributed by atoms with Gasteiger partial charge in [-0.15, -0.1) is 0 Å². The van der Waals surface area contributed by atoms with Crippen LogP contribution in [0.25, 0.3) is 0 Å². The largest absolute Gasteiger partial charge is 0.479 e. The first-order valence-electron chi connectivity index (χ1n) is 3.68. The van der Waals surface area contributed by atoms with Gasteiger partial charge in [0.1, 0.15) is 0 Å². The molecule has 4 heteroatoms. The third-order valence-corrected chi connectivity index (χ3v) is 2.10. The van der Waals surface area contributed by atoms with Gasteiger partial charge in [0.05, 0.1) is 6.10 Å². The molecule has 1 fully saturated rings. The molecular weight excluding hydrogens is 148 g/mol. The molecule has 64 valence electrons. The minimum Gasteiger partial charge on any atom is -0.479 e. The molecule has 0 amide bonds. The van der Waals surface area contributed by atoms with Crippen LogP contribution in [0.4, 0.5) is 0 Å². The summed E-state index contributed by atoms with van der Waals surface area (Å²) in [6, 6.07) is 0. The number of aliphatic carboxylic acids is 1. The molecule has 0 saturated heterocycles. The molecule has 2 atom stereocenters. The average molecular weight is 160 g/mol. The van der Waals surface area contributed by atoms with Crippen LogP contribution in [0.2, 0.25) is 0 Å². The number of hydrogen-bond donors (Lipinski definition) is 3. The number of rotatable bonds is 1. The van der Waals surface area contributed by atoms with Crippen LogP contribution in [0.3, 0.4) is 0 Å². The second kappa shape index (κ2) is 2.79. The first-order chi connectivity index (χ1) is 5.04. The summed E-state index contributed by atoms with van der Waals surface area (Å²) in [4.78, 5) is 10.5. The lowest BCUT2D eigenvalue weighted by Gasteiger charge is -2.30. The van der Waals surface area contributed by atoms with Crippen molar-refractivity contribution in [2.24, 2.45) is 0 Å². The van der Waals surface area contributed by atoms with Gasteiger partial charge in [-0.3, -0.25) is 0 Å². The van der Waals surface area contributed by atoms with E-state index >= 15 is 0 Å². The molecule has 1 rings (SSSR count). The zero-order chi connectivity index (χ0) is 8.48. The summed E-state index contributed by atoms with van der Waals surface area (Å²) in [7, 11) is 0. The zero-order valence-corrected chi connectivity index (χ0v) is 6.16. The van der Waals surface area contributed by atoms with Crippen molar-refractivity contribution in [1.82, 2.24) is 0 Å². The van der Waals surface area contributed by atoms with E-state index in [1.165, 1.54) is 0 Å². The average Bonchev–Trinajstić information content (AvgIpc) is 1.86. The Morgan fingerprint density at radius 2 is 2.18 bits per heavy atom. The fraction of sp³-hybridized carbons (Fsp3) is 0.857. The number of hydrogen-bond acceptors (Lipinski definition) is 3. The smallest absolute Gasteiger partial charge is 0.335 e. The lowest BCUT2D eigenvalue weighted by Crippen LogP contribution is -2.44. The summed E-state index contributed by atoms with van der Waals surface area (Å²) < 4.78 is 0. The van der Waals surface area contributed by atoms with Crippen molar-refractivity contribution in [3.63, 3.8) is 0 Å². The maximum Gasteiger partial charge on any atom is 0.335 e. The zero-order valence-electron chi connectivity index (χ0n) is 6.16. The second-order valence-electron chi connectivity index (χ2n) is 3.09. The highest BCUT2D eigenvalue weighted by Gasteiger charge is 2.40. The van der Waals surface area contributed by atoms with Gasteiger partial charge < -0.3 is 15.3 Å². The van der Waals surface area contributed by atoms with E-state index in [2.05, 4.69) is 0 Å². The number of carboxylic acid groups (broad SMARTS) is 1. The van der Waals surface area contributed by atoms with E-state index < -0.39 is 17.7 Å². The van der Waals surface area contributed by atoms with E-state index in [0.29, 0.717) is 12.8 Å². The van der Waals surface area contributed by atoms with Gasteiger partial charge in [-0.25, -0.2) is 4.79 Å². The fourth-order valence-electron chi connectivity index (χ4n) is 1.42. The molecule has 1 saturated carbocycles. The van der Waals surface area contributed by atoms with E-state index in [1.54, 1.807) is 0 Å². The summed E-state index contributed by atoms with van der Waals surface area (Å²) in [5, 5.41) is 27.0. The molecule has 0 spiro atoms. The Morgan fingerprint density at radius 3 is 2.55 bits per heavy atom. The first kappa shape index (κ1) is 8.49. The topological polar surface area (TPSA) is 77.8 Å². The van der Waals surface area contributed by atoms with Crippen molar-refractivity contribution < 1.29 is 20.1 Å². The molecule has 0 radical (unpaired) electrons. The highest BCUT2D eigenvalue weighted by atomic mass is 16.4. The molecule has 4 nitrogen and oxygen atoms in total. The van der Waals surface area contributed by atoms with Crippen molar-refractivity contribution in [1.29, 1.82) is 0 Å². The number of carboxylic acids is 1. The van der Waals surface area contributed by atoms with Crippen LogP contribution in [0, 0.1) is 0 Å². The van der Waals surface area contributed by atoms with Crippen molar-refractivity contribution in [3.8, 4) is 0 Å². The number of aliphatic hydroxyl groups is 2. The van der Waals surface area contributed by atoms with Crippen LogP contribution in [0.15, 0.2) is 0 Å². The van der Waals surface area contributed by atoms with E-state index in [0.717, 1.165) is 0 Å². The van der Waals surface area contributed by atoms with Crippen LogP contribution in [0.1, 0.15) is 25.7 Å². The summed E-state index contributed by atoms with van der Waals surface area (Å²) >= 11 is 0. The number of carbonyl (C=O) groups is 1. The van der Waals surface area contributed by atoms with Gasteiger partial charge in [0, 0.05) is 6.42 Å². The van der Waals surface area contributed by atoms with Crippen molar-refractivity contribution in [2.45, 2.75) is 37.4 Å². The van der Waals surface area contributed by atoms with Gasteiger partial charge in [-0.1, -0.05) is 0 Å². The molecule has 3 N–H and O–H groups in total. The first-order valence-corrected chi connectivity index (χ1v) is 3.68. The Labute approximate surface area is 64.5 Å². The van der Waals surface area contributed by atoms with Crippen LogP contribution < -0.4 is 0 Å². The van der Waals surface area contributed by atoms with E-state index in [-0.39, 0.29) is 12.8 Å². The summed E-state index contributed by atoms with van der Waals surface area (Å²) in [6.07, 6.45) is 0.714. The maximum absolute atomic E-state index is 10.5. The molecule has 2 unspecified atom stereocenters. The fourth-order valence-corrected chi connectivity index (χ4v) is 1.42. The van der Waals surface area contributed by atoms with E-state index in [4.69, 9.17) is 10.2 Å². The molecule has 0 aromatic carbocycles.